The van der Waals surface area contributed by atoms with Gasteiger partial charge in [0.05, 0.1) is 12.5 Å². The van der Waals surface area contributed by atoms with Crippen LogP contribution in [-0.4, -0.2) is 40.1 Å². The molecule has 1 saturated heterocycles. The van der Waals surface area contributed by atoms with Crippen LogP contribution in [0.2, 0.25) is 0 Å². The molecule has 0 atom stereocenters. The van der Waals surface area contributed by atoms with E-state index >= 15 is 0 Å². The van der Waals surface area contributed by atoms with Gasteiger partial charge in [-0.15, -0.1) is 0 Å². The van der Waals surface area contributed by atoms with Crippen LogP contribution in [0.3, 0.4) is 0 Å². The first kappa shape index (κ1) is 15.4. The van der Waals surface area contributed by atoms with E-state index in [1.165, 1.54) is 0 Å². The zero-order valence-electron chi connectivity index (χ0n) is 13.5. The molecule has 128 valence electrons. The third-order valence-corrected chi connectivity index (χ3v) is 4.16. The number of likely N-dealkylation sites (tertiary alicyclic amines) is 1. The number of rotatable bonds is 4. The molecule has 25 heavy (non-hydrogen) atoms. The molecule has 0 saturated carbocycles. The van der Waals surface area contributed by atoms with Gasteiger partial charge >= 0.3 is 0 Å². The lowest BCUT2D eigenvalue weighted by molar-refractivity contribution is 0.0585. The number of hydrogen-bond acceptors (Lipinski definition) is 6. The number of hydrogen-bond donors (Lipinski definition) is 0. The number of aromatic nitrogens is 2. The maximum atomic E-state index is 12.6. The number of amides is 1. The Balaban J connectivity index is 1.35. The van der Waals surface area contributed by atoms with Crippen LogP contribution >= 0.6 is 0 Å². The maximum Gasteiger partial charge on any atom is 0.276 e. The van der Waals surface area contributed by atoms with E-state index in [1.54, 1.807) is 41.8 Å². The highest BCUT2D eigenvalue weighted by atomic mass is 16.5. The summed E-state index contributed by atoms with van der Waals surface area (Å²) in [4.78, 5) is 18.4. The Morgan fingerprint density at radius 2 is 2.08 bits per heavy atom. The summed E-state index contributed by atoms with van der Waals surface area (Å²) in [6.07, 6.45) is 6.58. The van der Waals surface area contributed by atoms with E-state index in [1.807, 2.05) is 12.1 Å². The van der Waals surface area contributed by atoms with E-state index in [9.17, 15) is 4.79 Å². The highest BCUT2D eigenvalue weighted by molar-refractivity contribution is 5.93. The van der Waals surface area contributed by atoms with Gasteiger partial charge in [0.1, 0.15) is 11.9 Å². The number of nitrogens with zero attached hydrogens (tertiary/aromatic N) is 3. The monoisotopic (exact) mass is 339 g/mol. The summed E-state index contributed by atoms with van der Waals surface area (Å²) in [6, 6.07) is 8.85. The van der Waals surface area contributed by atoms with Gasteiger partial charge in [-0.3, -0.25) is 9.78 Å². The summed E-state index contributed by atoms with van der Waals surface area (Å²) in [5.74, 6) is 1.62. The van der Waals surface area contributed by atoms with Gasteiger partial charge in [-0.05, 0) is 24.3 Å². The van der Waals surface area contributed by atoms with Crippen LogP contribution in [0.4, 0.5) is 0 Å². The van der Waals surface area contributed by atoms with E-state index in [2.05, 4.69) is 10.1 Å². The molecule has 7 nitrogen and oxygen atoms in total. The number of ether oxygens (including phenoxy) is 1. The SMILES string of the molecule is O=C(c1cc(-c2ccco2)on1)N1CCC(Oc2cccnc2)CC1. The van der Waals surface area contributed by atoms with E-state index in [0.29, 0.717) is 24.6 Å². The lowest BCUT2D eigenvalue weighted by atomic mass is 10.1. The maximum absolute atomic E-state index is 12.6. The van der Waals surface area contributed by atoms with Crippen LogP contribution in [0.15, 0.2) is 57.9 Å². The van der Waals surface area contributed by atoms with Crippen molar-refractivity contribution >= 4 is 5.91 Å². The molecule has 3 aromatic rings. The smallest absolute Gasteiger partial charge is 0.276 e. The van der Waals surface area contributed by atoms with Crippen LogP contribution < -0.4 is 4.74 Å². The molecule has 4 heterocycles. The van der Waals surface area contributed by atoms with Crippen molar-refractivity contribution in [3.63, 3.8) is 0 Å². The summed E-state index contributed by atoms with van der Waals surface area (Å²) in [5.41, 5.74) is 0.290. The van der Waals surface area contributed by atoms with Crippen molar-refractivity contribution in [3.8, 4) is 17.3 Å². The largest absolute Gasteiger partial charge is 0.489 e. The summed E-state index contributed by atoms with van der Waals surface area (Å²) >= 11 is 0. The number of carbonyl (C=O) groups excluding carboxylic acids is 1. The van der Waals surface area contributed by atoms with Crippen LogP contribution in [0.1, 0.15) is 23.3 Å². The zero-order valence-corrected chi connectivity index (χ0v) is 13.5. The highest BCUT2D eigenvalue weighted by Gasteiger charge is 2.27. The van der Waals surface area contributed by atoms with Gasteiger partial charge in [-0.2, -0.15) is 0 Å². The second-order valence-corrected chi connectivity index (χ2v) is 5.85. The quantitative estimate of drug-likeness (QED) is 0.727. The molecule has 1 aliphatic heterocycles. The third-order valence-electron chi connectivity index (χ3n) is 4.16. The molecule has 0 radical (unpaired) electrons. The Kier molecular flexibility index (Phi) is 4.20. The summed E-state index contributed by atoms with van der Waals surface area (Å²) in [7, 11) is 0. The first-order chi connectivity index (χ1) is 12.3. The fraction of sp³-hybridized carbons (Fsp3) is 0.278. The minimum Gasteiger partial charge on any atom is -0.489 e. The standard InChI is InChI=1S/C18H17N3O4/c22-18(15-11-17(25-20-15)16-4-2-10-23-16)21-8-5-13(6-9-21)24-14-3-1-7-19-12-14/h1-4,7,10-13H,5-6,8-9H2. The van der Waals surface area contributed by atoms with Crippen molar-refractivity contribution < 1.29 is 18.5 Å². The second-order valence-electron chi connectivity index (χ2n) is 5.85. The van der Waals surface area contributed by atoms with E-state index in [4.69, 9.17) is 13.7 Å². The molecule has 0 N–H and O–H groups in total. The van der Waals surface area contributed by atoms with Crippen LogP contribution in [-0.2, 0) is 0 Å². The summed E-state index contributed by atoms with van der Waals surface area (Å²) < 4.78 is 16.3. The zero-order chi connectivity index (χ0) is 17.1. The van der Waals surface area contributed by atoms with Crippen molar-refractivity contribution in [2.75, 3.05) is 13.1 Å². The Morgan fingerprint density at radius 3 is 2.80 bits per heavy atom. The molecule has 3 aromatic heterocycles. The number of carbonyl (C=O) groups is 1. The Labute approximate surface area is 144 Å². The lowest BCUT2D eigenvalue weighted by Crippen LogP contribution is -2.41. The van der Waals surface area contributed by atoms with E-state index in [0.717, 1.165) is 18.6 Å². The first-order valence-corrected chi connectivity index (χ1v) is 8.16. The van der Waals surface area contributed by atoms with Crippen molar-refractivity contribution in [3.05, 3.63) is 54.7 Å². The van der Waals surface area contributed by atoms with Gasteiger partial charge in [-0.1, -0.05) is 5.16 Å². The fourth-order valence-electron chi connectivity index (χ4n) is 2.86. The van der Waals surface area contributed by atoms with E-state index < -0.39 is 0 Å². The summed E-state index contributed by atoms with van der Waals surface area (Å²) in [6.45, 7) is 1.24. The molecule has 0 aromatic carbocycles. The average Bonchev–Trinajstić information content (AvgIpc) is 3.34. The predicted molar refractivity (Wildman–Crippen MR) is 88.0 cm³/mol. The molecule has 0 spiro atoms. The lowest BCUT2D eigenvalue weighted by Gasteiger charge is -2.31. The van der Waals surface area contributed by atoms with Crippen molar-refractivity contribution in [1.29, 1.82) is 0 Å². The number of piperidine rings is 1. The molecule has 1 amide bonds. The Morgan fingerprint density at radius 1 is 1.20 bits per heavy atom. The topological polar surface area (TPSA) is 81.6 Å². The molecule has 1 aliphatic rings. The normalized spacial score (nSPS) is 15.3. The average molecular weight is 339 g/mol. The van der Waals surface area contributed by atoms with Crippen LogP contribution in [0.25, 0.3) is 11.5 Å². The van der Waals surface area contributed by atoms with E-state index in [-0.39, 0.29) is 17.7 Å². The van der Waals surface area contributed by atoms with Crippen molar-refractivity contribution in [1.82, 2.24) is 15.0 Å². The number of pyridine rings is 1. The second kappa shape index (κ2) is 6.80. The third kappa shape index (κ3) is 3.40. The van der Waals surface area contributed by atoms with Gasteiger partial charge < -0.3 is 18.6 Å². The molecule has 4 rings (SSSR count). The van der Waals surface area contributed by atoms with Gasteiger partial charge in [0, 0.05) is 38.2 Å². The molecular formula is C18H17N3O4. The first-order valence-electron chi connectivity index (χ1n) is 8.16. The molecule has 0 bridgehead atoms. The minimum atomic E-state index is -0.138. The highest BCUT2D eigenvalue weighted by Crippen LogP contribution is 2.23. The predicted octanol–water partition coefficient (Wildman–Crippen LogP) is 3.01. The molecule has 7 heteroatoms. The van der Waals surface area contributed by atoms with Crippen LogP contribution in [0, 0.1) is 0 Å². The number of furan rings is 1. The molecule has 0 aliphatic carbocycles. The van der Waals surface area contributed by atoms with Gasteiger partial charge in [0.25, 0.3) is 5.91 Å². The van der Waals surface area contributed by atoms with Gasteiger partial charge in [-0.25, -0.2) is 0 Å². The van der Waals surface area contributed by atoms with Gasteiger partial charge in [0.2, 0.25) is 5.76 Å². The molecule has 0 unspecified atom stereocenters. The fourth-order valence-corrected chi connectivity index (χ4v) is 2.86. The van der Waals surface area contributed by atoms with Crippen LogP contribution in [0.5, 0.6) is 5.75 Å². The van der Waals surface area contributed by atoms with Crippen molar-refractivity contribution in [2.24, 2.45) is 0 Å². The molecular weight excluding hydrogens is 322 g/mol. The Hall–Kier alpha value is -3.09. The Bertz CT molecular complexity index is 821. The minimum absolute atomic E-state index is 0.0873. The summed E-state index contributed by atoms with van der Waals surface area (Å²) in [5, 5.41) is 3.87. The van der Waals surface area contributed by atoms with Gasteiger partial charge in [0.15, 0.2) is 11.5 Å². The molecule has 1 fully saturated rings. The van der Waals surface area contributed by atoms with Crippen molar-refractivity contribution in [2.45, 2.75) is 18.9 Å².